The van der Waals surface area contributed by atoms with Crippen molar-refractivity contribution in [2.75, 3.05) is 11.9 Å². The van der Waals surface area contributed by atoms with Crippen LogP contribution in [0.4, 0.5) is 10.1 Å². The van der Waals surface area contributed by atoms with Gasteiger partial charge in [0.05, 0.1) is 6.61 Å². The molecule has 112 valence electrons. The van der Waals surface area contributed by atoms with Gasteiger partial charge >= 0.3 is 5.97 Å². The third kappa shape index (κ3) is 5.59. The van der Waals surface area contributed by atoms with E-state index in [1.807, 2.05) is 13.0 Å². The number of carbonyl (C=O) groups excluding carboxylic acids is 1. The van der Waals surface area contributed by atoms with Gasteiger partial charge in [0.1, 0.15) is 11.9 Å². The van der Waals surface area contributed by atoms with Crippen LogP contribution in [0.5, 0.6) is 0 Å². The lowest BCUT2D eigenvalue weighted by Gasteiger charge is -2.18. The van der Waals surface area contributed by atoms with E-state index in [2.05, 4.69) is 12.2 Å². The fourth-order valence-corrected chi connectivity index (χ4v) is 2.11. The van der Waals surface area contributed by atoms with Crippen LogP contribution < -0.4 is 5.32 Å². The van der Waals surface area contributed by atoms with Crippen LogP contribution in [0, 0.1) is 12.7 Å². The molecule has 20 heavy (non-hydrogen) atoms. The van der Waals surface area contributed by atoms with Gasteiger partial charge in [-0.3, -0.25) is 0 Å². The lowest BCUT2D eigenvalue weighted by molar-refractivity contribution is -0.144. The first-order chi connectivity index (χ1) is 9.56. The molecule has 0 fully saturated rings. The van der Waals surface area contributed by atoms with Crippen LogP contribution in [-0.4, -0.2) is 18.6 Å². The largest absolute Gasteiger partial charge is 0.464 e. The van der Waals surface area contributed by atoms with Gasteiger partial charge in [-0.25, -0.2) is 9.18 Å². The molecule has 1 unspecified atom stereocenters. The molecule has 0 saturated carbocycles. The molecule has 0 heterocycles. The third-order valence-electron chi connectivity index (χ3n) is 3.05. The molecular formula is C16H24FNO2. The molecule has 1 aromatic carbocycles. The van der Waals surface area contributed by atoms with E-state index in [1.165, 1.54) is 12.1 Å². The molecule has 1 rings (SSSR count). The van der Waals surface area contributed by atoms with Gasteiger partial charge in [-0.05, 0) is 44.0 Å². The summed E-state index contributed by atoms with van der Waals surface area (Å²) in [6, 6.07) is 4.28. The maximum absolute atomic E-state index is 13.4. The highest BCUT2D eigenvalue weighted by Crippen LogP contribution is 2.17. The maximum atomic E-state index is 13.4. The van der Waals surface area contributed by atoms with Crippen molar-refractivity contribution in [2.24, 2.45) is 0 Å². The molecule has 0 bridgehead atoms. The van der Waals surface area contributed by atoms with Crippen LogP contribution in [0.1, 0.15) is 45.1 Å². The number of benzene rings is 1. The van der Waals surface area contributed by atoms with Gasteiger partial charge in [0.2, 0.25) is 0 Å². The van der Waals surface area contributed by atoms with Gasteiger partial charge in [-0.2, -0.15) is 0 Å². The second kappa shape index (κ2) is 8.56. The van der Waals surface area contributed by atoms with Gasteiger partial charge in [0, 0.05) is 5.69 Å². The lowest BCUT2D eigenvalue weighted by Crippen LogP contribution is -2.31. The monoisotopic (exact) mass is 281 g/mol. The summed E-state index contributed by atoms with van der Waals surface area (Å²) in [4.78, 5) is 11.9. The molecule has 1 aromatic rings. The molecule has 1 atom stereocenters. The average molecular weight is 281 g/mol. The molecule has 3 nitrogen and oxygen atoms in total. The number of carbonyl (C=O) groups is 1. The molecule has 0 spiro atoms. The summed E-state index contributed by atoms with van der Waals surface area (Å²) in [7, 11) is 0. The second-order valence-corrected chi connectivity index (χ2v) is 4.96. The number of rotatable bonds is 8. The second-order valence-electron chi connectivity index (χ2n) is 4.96. The minimum Gasteiger partial charge on any atom is -0.464 e. The summed E-state index contributed by atoms with van der Waals surface area (Å²) in [6.07, 6.45) is 3.80. The van der Waals surface area contributed by atoms with E-state index < -0.39 is 6.04 Å². The number of halogens is 1. The molecular weight excluding hydrogens is 257 g/mol. The van der Waals surface area contributed by atoms with Crippen molar-refractivity contribution >= 4 is 11.7 Å². The molecule has 0 aliphatic rings. The van der Waals surface area contributed by atoms with Crippen molar-refractivity contribution in [3.05, 3.63) is 29.6 Å². The van der Waals surface area contributed by atoms with Gasteiger partial charge in [0.15, 0.2) is 0 Å². The van der Waals surface area contributed by atoms with Gasteiger partial charge in [-0.15, -0.1) is 0 Å². The Bertz CT molecular complexity index is 414. The molecule has 0 aromatic heterocycles. The summed E-state index contributed by atoms with van der Waals surface area (Å²) >= 11 is 0. The number of hydrogen-bond donors (Lipinski definition) is 1. The van der Waals surface area contributed by atoms with Crippen molar-refractivity contribution in [1.29, 1.82) is 0 Å². The van der Waals surface area contributed by atoms with Crippen LogP contribution in [-0.2, 0) is 9.53 Å². The molecule has 0 aliphatic heterocycles. The van der Waals surface area contributed by atoms with Crippen LogP contribution in [0.3, 0.4) is 0 Å². The number of nitrogens with one attached hydrogen (secondary N) is 1. The van der Waals surface area contributed by atoms with Crippen molar-refractivity contribution in [1.82, 2.24) is 0 Å². The molecule has 0 radical (unpaired) electrons. The minimum atomic E-state index is -0.414. The van der Waals surface area contributed by atoms with Gasteiger partial charge in [0.25, 0.3) is 0 Å². The first-order valence-corrected chi connectivity index (χ1v) is 7.27. The first-order valence-electron chi connectivity index (χ1n) is 7.27. The number of esters is 1. The summed E-state index contributed by atoms with van der Waals surface area (Å²) in [5, 5.41) is 3.09. The highest BCUT2D eigenvalue weighted by molar-refractivity contribution is 5.79. The number of ether oxygens (including phenoxy) is 1. The quantitative estimate of drug-likeness (QED) is 0.577. The Labute approximate surface area is 120 Å². The molecule has 0 aliphatic carbocycles. The van der Waals surface area contributed by atoms with E-state index in [4.69, 9.17) is 4.74 Å². The van der Waals surface area contributed by atoms with Crippen LogP contribution in [0.25, 0.3) is 0 Å². The van der Waals surface area contributed by atoms with Gasteiger partial charge in [-0.1, -0.05) is 26.2 Å². The van der Waals surface area contributed by atoms with E-state index in [0.717, 1.165) is 24.8 Å². The number of anilines is 1. The van der Waals surface area contributed by atoms with Crippen molar-refractivity contribution < 1.29 is 13.9 Å². The predicted molar refractivity (Wildman–Crippen MR) is 79.3 cm³/mol. The Morgan fingerprint density at radius 3 is 2.65 bits per heavy atom. The molecule has 0 amide bonds. The fourth-order valence-electron chi connectivity index (χ4n) is 2.11. The zero-order valence-electron chi connectivity index (χ0n) is 12.5. The summed E-state index contributed by atoms with van der Waals surface area (Å²) in [6.45, 7) is 6.08. The lowest BCUT2D eigenvalue weighted by atomic mass is 10.1. The van der Waals surface area contributed by atoms with E-state index in [9.17, 15) is 9.18 Å². The van der Waals surface area contributed by atoms with Crippen LogP contribution in [0.15, 0.2) is 18.2 Å². The standard InChI is InChI=1S/C16H24FNO2/c1-4-6-7-8-15(16(19)20-5-2)18-14-10-12(3)9-13(17)11-14/h9-11,15,18H,4-8H2,1-3H3. The molecule has 0 saturated heterocycles. The van der Waals surface area contributed by atoms with E-state index in [1.54, 1.807) is 6.92 Å². The Morgan fingerprint density at radius 2 is 2.05 bits per heavy atom. The summed E-state index contributed by atoms with van der Waals surface area (Å²) in [5.74, 6) is -0.575. The third-order valence-corrected chi connectivity index (χ3v) is 3.05. The molecule has 1 N–H and O–H groups in total. The van der Waals surface area contributed by atoms with Crippen molar-refractivity contribution in [3.8, 4) is 0 Å². The van der Waals surface area contributed by atoms with Gasteiger partial charge < -0.3 is 10.1 Å². The number of hydrogen-bond acceptors (Lipinski definition) is 3. The number of aryl methyl sites for hydroxylation is 1. The highest BCUT2D eigenvalue weighted by Gasteiger charge is 2.19. The van der Waals surface area contributed by atoms with Crippen LogP contribution >= 0.6 is 0 Å². The highest BCUT2D eigenvalue weighted by atomic mass is 19.1. The zero-order chi connectivity index (χ0) is 15.0. The SMILES string of the molecule is CCCCCC(Nc1cc(C)cc(F)c1)C(=O)OCC. The smallest absolute Gasteiger partial charge is 0.328 e. The van der Waals surface area contributed by atoms with Crippen molar-refractivity contribution in [2.45, 2.75) is 52.5 Å². The normalized spacial score (nSPS) is 12.0. The summed E-state index contributed by atoms with van der Waals surface area (Å²) < 4.78 is 18.5. The maximum Gasteiger partial charge on any atom is 0.328 e. The number of unbranched alkanes of at least 4 members (excludes halogenated alkanes) is 2. The van der Waals surface area contributed by atoms with Crippen molar-refractivity contribution in [3.63, 3.8) is 0 Å². The molecule has 4 heteroatoms. The Morgan fingerprint density at radius 1 is 1.30 bits per heavy atom. The van der Waals surface area contributed by atoms with E-state index in [-0.39, 0.29) is 11.8 Å². The Balaban J connectivity index is 2.73. The first kappa shape index (κ1) is 16.5. The van der Waals surface area contributed by atoms with Crippen LogP contribution in [0.2, 0.25) is 0 Å². The predicted octanol–water partition coefficient (Wildman–Crippen LogP) is 4.06. The topological polar surface area (TPSA) is 38.3 Å². The fraction of sp³-hybridized carbons (Fsp3) is 0.562. The van der Waals surface area contributed by atoms with E-state index in [0.29, 0.717) is 18.7 Å². The Hall–Kier alpha value is -1.58. The zero-order valence-corrected chi connectivity index (χ0v) is 12.5. The average Bonchev–Trinajstić information content (AvgIpc) is 2.37. The van der Waals surface area contributed by atoms with E-state index >= 15 is 0 Å². The Kier molecular flexibility index (Phi) is 7.05. The summed E-state index contributed by atoms with van der Waals surface area (Å²) in [5.41, 5.74) is 1.45. The minimum absolute atomic E-state index is 0.273.